The molecule has 0 aliphatic carbocycles. The van der Waals surface area contributed by atoms with E-state index >= 15 is 0 Å². The molecule has 384 valence electrons. The van der Waals surface area contributed by atoms with Crippen molar-refractivity contribution < 1.29 is 62.0 Å². The van der Waals surface area contributed by atoms with Crippen LogP contribution in [0, 0.1) is 11.6 Å². The molecule has 4 aromatic carbocycles. The smallest absolute Gasteiger partial charge is 0.310 e. The quantitative estimate of drug-likeness (QED) is 0.0684. The zero-order valence-corrected chi connectivity index (χ0v) is 39.9. The van der Waals surface area contributed by atoms with E-state index in [1.54, 1.807) is 76.8 Å². The molecule has 24 heteroatoms. The van der Waals surface area contributed by atoms with Gasteiger partial charge in [0.2, 0.25) is 0 Å². The molecule has 74 heavy (non-hydrogen) atoms. The van der Waals surface area contributed by atoms with Gasteiger partial charge in [-0.25, -0.2) is 18.1 Å². The minimum Gasteiger partial charge on any atom is -0.481 e. The number of anilines is 1. The number of hydrogen-bond donors (Lipinski definition) is 4. The number of carbonyl (C=O) groups excluding carboxylic acids is 6. The summed E-state index contributed by atoms with van der Waals surface area (Å²) in [6.07, 6.45) is 3.98. The highest BCUT2D eigenvalue weighted by Gasteiger charge is 2.29. The standard InChI is InChI=1S/C24H20FN5O4.C15H16N4O4.C7H6FNO.C4H6O3/c1-14(31)34-19-8-9-29(12-19)24(33)15-2-5-18(6-3-15)30-13-22(27-28-30)20-11-16-10-17(25)4-7-21(16)26-23(20)32;20-13-5-6-18(9-13)15(23)10-1-3-12(4-2-10)19-8-11(16-17-19)7-14(21)22;8-6-1-2-7(9)5(3-6)4-10;1-3(5)7-4(2)6/h2-7,10-11,13,19H,8-9,12H2,1H3,(H,26,32);1-4,8,13,20H,5-7,9H2,(H,21,22);1-4H,9H2;1-2H3/t19-;13-;;/m11../s1. The van der Waals surface area contributed by atoms with Crippen molar-refractivity contribution in [2.75, 3.05) is 31.9 Å². The lowest BCUT2D eigenvalue weighted by molar-refractivity contribution is -0.156. The molecule has 0 spiro atoms. The number of hydrogen-bond acceptors (Lipinski definition) is 16. The molecule has 7 aromatic rings. The molecule has 2 aliphatic heterocycles. The van der Waals surface area contributed by atoms with Crippen molar-refractivity contribution in [1.82, 2.24) is 44.8 Å². The summed E-state index contributed by atoms with van der Waals surface area (Å²) in [5.41, 5.74) is 9.31. The number of likely N-dealkylation sites (tertiary alicyclic amines) is 2. The fraction of sp³-hybridized carbons (Fsp3) is 0.240. The Labute approximate surface area is 418 Å². The molecule has 0 bridgehead atoms. The van der Waals surface area contributed by atoms with Crippen LogP contribution in [0.4, 0.5) is 14.5 Å². The fourth-order valence-electron chi connectivity index (χ4n) is 7.44. The van der Waals surface area contributed by atoms with Gasteiger partial charge in [-0.2, -0.15) is 0 Å². The number of nitrogens with one attached hydrogen (secondary N) is 1. The van der Waals surface area contributed by atoms with Crippen LogP contribution in [-0.4, -0.2) is 135 Å². The summed E-state index contributed by atoms with van der Waals surface area (Å²) in [6, 6.07) is 23.0. The van der Waals surface area contributed by atoms with Gasteiger partial charge in [-0.3, -0.25) is 38.4 Å². The molecule has 5 heterocycles. The Morgan fingerprint density at radius 3 is 1.85 bits per heavy atom. The highest BCUT2D eigenvalue weighted by Crippen LogP contribution is 2.22. The molecule has 5 N–H and O–H groups in total. The Balaban J connectivity index is 0.000000190. The summed E-state index contributed by atoms with van der Waals surface area (Å²) >= 11 is 0. The number of aliphatic hydroxyl groups excluding tert-OH is 1. The van der Waals surface area contributed by atoms with Crippen LogP contribution in [0.25, 0.3) is 33.5 Å². The van der Waals surface area contributed by atoms with Crippen molar-refractivity contribution >= 4 is 58.6 Å². The van der Waals surface area contributed by atoms with E-state index in [9.17, 15) is 52.2 Å². The van der Waals surface area contributed by atoms with Crippen molar-refractivity contribution in [3.05, 3.63) is 148 Å². The Morgan fingerprint density at radius 2 is 1.31 bits per heavy atom. The number of aldehydes is 1. The average molecular weight is 1020 g/mol. The Morgan fingerprint density at radius 1 is 0.743 bits per heavy atom. The number of aromatic amines is 1. The first-order valence-electron chi connectivity index (χ1n) is 22.5. The number of amides is 2. The van der Waals surface area contributed by atoms with Gasteiger partial charge in [-0.1, -0.05) is 10.4 Å². The maximum Gasteiger partial charge on any atom is 0.310 e. The second kappa shape index (κ2) is 24.7. The number of ether oxygens (including phenoxy) is 2. The Hall–Kier alpha value is -9.32. The molecule has 22 nitrogen and oxygen atoms in total. The number of carboxylic acids is 1. The van der Waals surface area contributed by atoms with Gasteiger partial charge in [0.1, 0.15) is 23.4 Å². The Bertz CT molecular complexity index is 3240. The number of nitrogens with two attached hydrogens (primary N) is 1. The lowest BCUT2D eigenvalue weighted by atomic mass is 10.1. The summed E-state index contributed by atoms with van der Waals surface area (Å²) in [6.45, 7) is 5.54. The monoisotopic (exact) mass is 1020 g/mol. The van der Waals surface area contributed by atoms with E-state index in [1.165, 1.54) is 60.5 Å². The molecule has 0 saturated carbocycles. The molecular weight excluding hydrogens is 971 g/mol. The number of aliphatic carboxylic acids is 1. The van der Waals surface area contributed by atoms with Gasteiger partial charge in [-0.15, -0.1) is 10.2 Å². The van der Waals surface area contributed by atoms with Crippen LogP contribution < -0.4 is 11.3 Å². The predicted molar refractivity (Wildman–Crippen MR) is 259 cm³/mol. The second-order valence-electron chi connectivity index (χ2n) is 16.6. The third-order valence-electron chi connectivity index (χ3n) is 10.9. The zero-order chi connectivity index (χ0) is 53.6. The summed E-state index contributed by atoms with van der Waals surface area (Å²) in [7, 11) is 0. The molecule has 0 radical (unpaired) electrons. The minimum atomic E-state index is -0.967. The van der Waals surface area contributed by atoms with E-state index in [2.05, 4.69) is 30.3 Å². The lowest BCUT2D eigenvalue weighted by Gasteiger charge is -2.16. The van der Waals surface area contributed by atoms with Gasteiger partial charge in [0.15, 0.2) is 6.29 Å². The number of pyridine rings is 1. The summed E-state index contributed by atoms with van der Waals surface area (Å²) in [5.74, 6) is -3.55. The van der Waals surface area contributed by atoms with Crippen LogP contribution in [0.5, 0.6) is 0 Å². The number of fused-ring (bicyclic) bond motifs is 1. The Kier molecular flexibility index (Phi) is 18.0. The van der Waals surface area contributed by atoms with Gasteiger partial charge in [0.25, 0.3) is 17.4 Å². The van der Waals surface area contributed by atoms with Gasteiger partial charge in [-0.05, 0) is 97.4 Å². The third kappa shape index (κ3) is 14.9. The van der Waals surface area contributed by atoms with Crippen molar-refractivity contribution in [2.45, 2.75) is 52.2 Å². The molecule has 0 unspecified atom stereocenters. The molecular formula is C50H48F2N10O12. The summed E-state index contributed by atoms with van der Waals surface area (Å²) in [4.78, 5) is 95.1. The number of carboxylic acid groups (broad SMARTS) is 1. The number of esters is 3. The van der Waals surface area contributed by atoms with Crippen molar-refractivity contribution in [1.29, 1.82) is 0 Å². The minimum absolute atomic E-state index is 0.113. The largest absolute Gasteiger partial charge is 0.481 e. The number of aliphatic hydroxyl groups is 1. The SMILES string of the molecule is CC(=O)OC(C)=O.CC(=O)O[C@@H]1CCN(C(=O)c2ccc(-n3cc(-c4cc5cc(F)ccc5[nH]c4=O)nn3)cc2)C1.Nc1ccc(F)cc1C=O.O=C(O)Cc1cn(-c2ccc(C(=O)N3CC[C@@H](O)C3)cc2)nn1. The first-order chi connectivity index (χ1) is 35.3. The van der Waals surface area contributed by atoms with Crippen LogP contribution in [0.15, 0.2) is 108 Å². The van der Waals surface area contributed by atoms with Crippen LogP contribution in [0.1, 0.15) is 70.4 Å². The van der Waals surface area contributed by atoms with Gasteiger partial charge < -0.3 is 40.2 Å². The predicted octanol–water partition coefficient (Wildman–Crippen LogP) is 4.11. The number of carbonyl (C=O) groups is 7. The molecule has 2 saturated heterocycles. The van der Waals surface area contributed by atoms with E-state index in [0.29, 0.717) is 95.8 Å². The fourth-order valence-corrected chi connectivity index (χ4v) is 7.44. The normalized spacial score (nSPS) is 14.6. The number of rotatable bonds is 9. The third-order valence-corrected chi connectivity index (χ3v) is 10.9. The number of benzene rings is 4. The van der Waals surface area contributed by atoms with E-state index in [1.807, 2.05) is 0 Å². The summed E-state index contributed by atoms with van der Waals surface area (Å²) < 4.78 is 38.0. The van der Waals surface area contributed by atoms with Crippen molar-refractivity contribution in [2.24, 2.45) is 0 Å². The van der Waals surface area contributed by atoms with Crippen LogP contribution >= 0.6 is 0 Å². The van der Waals surface area contributed by atoms with E-state index < -0.39 is 35.6 Å². The number of H-pyrrole nitrogens is 1. The van der Waals surface area contributed by atoms with Gasteiger partial charge >= 0.3 is 23.9 Å². The molecule has 9 rings (SSSR count). The first-order valence-corrected chi connectivity index (χ1v) is 22.5. The van der Waals surface area contributed by atoms with Crippen LogP contribution in [-0.2, 0) is 35.1 Å². The van der Waals surface area contributed by atoms with E-state index in [0.717, 1.165) is 6.07 Å². The van der Waals surface area contributed by atoms with E-state index in [-0.39, 0.29) is 47.0 Å². The van der Waals surface area contributed by atoms with Crippen molar-refractivity contribution in [3.63, 3.8) is 0 Å². The van der Waals surface area contributed by atoms with Gasteiger partial charge in [0.05, 0.1) is 54.1 Å². The van der Waals surface area contributed by atoms with E-state index in [4.69, 9.17) is 15.6 Å². The molecule has 3 aromatic heterocycles. The maximum atomic E-state index is 13.6. The topological polar surface area (TPSA) is 305 Å². The summed E-state index contributed by atoms with van der Waals surface area (Å²) in [5, 5.41) is 34.6. The van der Waals surface area contributed by atoms with Crippen LogP contribution in [0.2, 0.25) is 0 Å². The molecule has 2 atom stereocenters. The second-order valence-corrected chi connectivity index (χ2v) is 16.6. The van der Waals surface area contributed by atoms with Crippen LogP contribution in [0.3, 0.4) is 0 Å². The molecule has 2 aliphatic rings. The highest BCUT2D eigenvalue weighted by molar-refractivity contribution is 5.95. The number of nitrogen functional groups attached to an aromatic ring is 1. The number of nitrogens with zero attached hydrogens (tertiary/aromatic N) is 8. The average Bonchev–Trinajstić information content (AvgIpc) is 4.21. The van der Waals surface area contributed by atoms with Gasteiger partial charge in [0, 0.05) is 80.1 Å². The lowest BCUT2D eigenvalue weighted by Crippen LogP contribution is -2.30. The number of β-amino-alcohol motifs (C(OH)–C–C–N with tert-alkyl or cyclic N) is 1. The number of halogens is 2. The first kappa shape index (κ1) is 54.0. The van der Waals surface area contributed by atoms with Crippen molar-refractivity contribution in [3.8, 4) is 22.6 Å². The molecule has 2 fully saturated rings. The maximum absolute atomic E-state index is 13.6. The highest BCUT2D eigenvalue weighted by atomic mass is 19.1. The molecule has 2 amide bonds. The zero-order valence-electron chi connectivity index (χ0n) is 39.9. The number of aromatic nitrogens is 7.